The molecule has 26 heavy (non-hydrogen) atoms. The van der Waals surface area contributed by atoms with Crippen molar-refractivity contribution in [1.82, 2.24) is 24.6 Å². The molecule has 0 aromatic carbocycles. The van der Waals surface area contributed by atoms with Crippen molar-refractivity contribution in [2.45, 2.75) is 37.6 Å². The molecule has 1 aliphatic carbocycles. The molecular weight excluding hydrogens is 396 g/mol. The fraction of sp³-hybridized carbons (Fsp3) is 0.500. The quantitative estimate of drug-likeness (QED) is 0.684. The van der Waals surface area contributed by atoms with E-state index in [1.165, 1.54) is 0 Å². The molecule has 4 rings (SSSR count). The van der Waals surface area contributed by atoms with Gasteiger partial charge in [-0.05, 0) is 54.7 Å². The molecule has 1 aliphatic heterocycles. The fourth-order valence-electron chi connectivity index (χ4n) is 3.98. The molecule has 1 saturated carbocycles. The van der Waals surface area contributed by atoms with Crippen LogP contribution in [0, 0.1) is 0 Å². The summed E-state index contributed by atoms with van der Waals surface area (Å²) in [5, 5.41) is 3.18. The van der Waals surface area contributed by atoms with Crippen LogP contribution in [-0.2, 0) is 4.79 Å². The van der Waals surface area contributed by atoms with Crippen LogP contribution in [0.5, 0.6) is 0 Å². The molecule has 2 aromatic rings. The monoisotopic (exact) mass is 418 g/mol. The van der Waals surface area contributed by atoms with Crippen molar-refractivity contribution < 1.29 is 4.79 Å². The Morgan fingerprint density at radius 2 is 2.23 bits per heavy atom. The SMILES string of the molecule is CN1CC/C=C/c2cnc(N)c3c(Br)nc(n23)[C@@H]2CC[C@H](C2)NC(=O)C1. The highest BCUT2D eigenvalue weighted by molar-refractivity contribution is 9.10. The number of hydrogen-bond acceptors (Lipinski definition) is 5. The number of carbonyl (C=O) groups excluding carboxylic acids is 1. The molecule has 3 heterocycles. The molecule has 1 amide bonds. The van der Waals surface area contributed by atoms with Gasteiger partial charge in [-0.15, -0.1) is 0 Å². The Balaban J connectivity index is 1.81. The first kappa shape index (κ1) is 17.5. The molecule has 138 valence electrons. The molecule has 0 radical (unpaired) electrons. The number of imidazole rings is 1. The van der Waals surface area contributed by atoms with Crippen molar-refractivity contribution in [3.8, 4) is 0 Å². The van der Waals surface area contributed by atoms with Gasteiger partial charge in [0.1, 0.15) is 15.9 Å². The summed E-state index contributed by atoms with van der Waals surface area (Å²) in [4.78, 5) is 23.4. The Kier molecular flexibility index (Phi) is 4.71. The highest BCUT2D eigenvalue weighted by Gasteiger charge is 2.31. The lowest BCUT2D eigenvalue weighted by molar-refractivity contribution is -0.122. The maximum Gasteiger partial charge on any atom is 0.234 e. The third-order valence-electron chi connectivity index (χ3n) is 5.24. The predicted octanol–water partition coefficient (Wildman–Crippen LogP) is 2.17. The van der Waals surface area contributed by atoms with Crippen LogP contribution in [0.3, 0.4) is 0 Å². The van der Waals surface area contributed by atoms with Crippen LogP contribution in [0.4, 0.5) is 5.82 Å². The molecule has 2 aromatic heterocycles. The summed E-state index contributed by atoms with van der Waals surface area (Å²) < 4.78 is 2.84. The van der Waals surface area contributed by atoms with Crippen LogP contribution >= 0.6 is 15.9 Å². The van der Waals surface area contributed by atoms with E-state index in [4.69, 9.17) is 10.7 Å². The second-order valence-electron chi connectivity index (χ2n) is 7.22. The number of anilines is 1. The van der Waals surface area contributed by atoms with Gasteiger partial charge in [-0.25, -0.2) is 9.97 Å². The molecule has 0 saturated heterocycles. The lowest BCUT2D eigenvalue weighted by Crippen LogP contribution is -2.40. The summed E-state index contributed by atoms with van der Waals surface area (Å²) in [5.41, 5.74) is 7.92. The van der Waals surface area contributed by atoms with Crippen LogP contribution in [-0.4, -0.2) is 51.4 Å². The Hall–Kier alpha value is -1.93. The van der Waals surface area contributed by atoms with Crippen LogP contribution in [0.1, 0.15) is 43.1 Å². The lowest BCUT2D eigenvalue weighted by Gasteiger charge is -2.19. The average molecular weight is 419 g/mol. The highest BCUT2D eigenvalue weighted by atomic mass is 79.9. The van der Waals surface area contributed by atoms with E-state index >= 15 is 0 Å². The molecule has 0 unspecified atom stereocenters. The van der Waals surface area contributed by atoms with E-state index in [1.807, 2.05) is 11.9 Å². The third kappa shape index (κ3) is 3.23. The smallest absolute Gasteiger partial charge is 0.234 e. The standard InChI is InChI=1S/C18H23BrN6O/c1-24-7-3-2-4-13-9-21-17(20)15-16(19)23-18(25(13)15)11-5-6-12(8-11)22-14(26)10-24/h2,4,9,11-12H,3,5-8,10H2,1H3,(H2,20,21)(H,22,26)/b4-2+/t11-,12-/m1/s1. The van der Waals surface area contributed by atoms with Crippen molar-refractivity contribution in [3.63, 3.8) is 0 Å². The second-order valence-corrected chi connectivity index (χ2v) is 7.97. The molecule has 8 heteroatoms. The normalized spacial score (nSPS) is 25.8. The third-order valence-corrected chi connectivity index (χ3v) is 5.79. The largest absolute Gasteiger partial charge is 0.382 e. The minimum Gasteiger partial charge on any atom is -0.382 e. The number of fused-ring (bicyclic) bond motifs is 3. The highest BCUT2D eigenvalue weighted by Crippen LogP contribution is 2.37. The van der Waals surface area contributed by atoms with Crippen molar-refractivity contribution >= 4 is 39.2 Å². The van der Waals surface area contributed by atoms with Crippen molar-refractivity contribution in [3.05, 3.63) is 28.4 Å². The second kappa shape index (κ2) is 7.00. The van der Waals surface area contributed by atoms with Gasteiger partial charge in [-0.1, -0.05) is 6.08 Å². The van der Waals surface area contributed by atoms with Gasteiger partial charge in [-0.2, -0.15) is 0 Å². The molecule has 3 N–H and O–H groups in total. The number of halogens is 1. The number of rotatable bonds is 0. The average Bonchev–Trinajstić information content (AvgIpc) is 3.17. The summed E-state index contributed by atoms with van der Waals surface area (Å²) >= 11 is 3.55. The van der Waals surface area contributed by atoms with E-state index < -0.39 is 0 Å². The van der Waals surface area contributed by atoms with E-state index in [1.54, 1.807) is 6.20 Å². The first-order valence-electron chi connectivity index (χ1n) is 8.99. The number of hydrogen-bond donors (Lipinski definition) is 2. The maximum absolute atomic E-state index is 12.3. The van der Waals surface area contributed by atoms with E-state index in [2.05, 4.69) is 42.8 Å². The summed E-state index contributed by atoms with van der Waals surface area (Å²) in [5.74, 6) is 1.85. The Bertz CT molecular complexity index is 876. The molecule has 2 bridgehead atoms. The van der Waals surface area contributed by atoms with Gasteiger partial charge in [0, 0.05) is 18.5 Å². The van der Waals surface area contributed by atoms with Gasteiger partial charge >= 0.3 is 0 Å². The van der Waals surface area contributed by atoms with Gasteiger partial charge in [0.25, 0.3) is 0 Å². The Morgan fingerprint density at radius 3 is 3.08 bits per heavy atom. The van der Waals surface area contributed by atoms with Gasteiger partial charge in [0.2, 0.25) is 5.91 Å². The topological polar surface area (TPSA) is 88.6 Å². The molecule has 1 fully saturated rings. The number of carbonyl (C=O) groups is 1. The van der Waals surface area contributed by atoms with Crippen molar-refractivity contribution in [1.29, 1.82) is 0 Å². The van der Waals surface area contributed by atoms with Gasteiger partial charge in [0.05, 0.1) is 18.4 Å². The first-order valence-corrected chi connectivity index (χ1v) is 9.79. The number of nitrogens with two attached hydrogens (primary N) is 1. The number of aromatic nitrogens is 3. The van der Waals surface area contributed by atoms with E-state index in [9.17, 15) is 4.79 Å². The van der Waals surface area contributed by atoms with Crippen molar-refractivity contribution in [2.75, 3.05) is 25.9 Å². The summed E-state index contributed by atoms with van der Waals surface area (Å²) in [6.07, 6.45) is 9.71. The summed E-state index contributed by atoms with van der Waals surface area (Å²) in [6.45, 7) is 1.26. The molecule has 2 atom stereocenters. The maximum atomic E-state index is 12.3. The number of nitrogens with one attached hydrogen (secondary N) is 1. The van der Waals surface area contributed by atoms with Crippen LogP contribution in [0.2, 0.25) is 0 Å². The van der Waals surface area contributed by atoms with E-state index in [-0.39, 0.29) is 17.9 Å². The van der Waals surface area contributed by atoms with Gasteiger partial charge in [-0.3, -0.25) is 14.1 Å². The van der Waals surface area contributed by atoms with Crippen molar-refractivity contribution in [2.24, 2.45) is 0 Å². The number of amides is 1. The molecular formula is C18H23BrN6O. The summed E-state index contributed by atoms with van der Waals surface area (Å²) in [6, 6.07) is 0.202. The van der Waals surface area contributed by atoms with Gasteiger partial charge < -0.3 is 11.1 Å². The minimum atomic E-state index is 0.0995. The van der Waals surface area contributed by atoms with Gasteiger partial charge in [0.15, 0.2) is 5.82 Å². The zero-order chi connectivity index (χ0) is 18.3. The predicted molar refractivity (Wildman–Crippen MR) is 105 cm³/mol. The molecule has 0 spiro atoms. The van der Waals surface area contributed by atoms with Crippen LogP contribution in [0.15, 0.2) is 16.9 Å². The molecule has 2 aliphatic rings. The number of nitrogen functional groups attached to an aromatic ring is 1. The van der Waals surface area contributed by atoms with Crippen LogP contribution in [0.25, 0.3) is 11.6 Å². The zero-order valence-electron chi connectivity index (χ0n) is 14.8. The number of nitrogens with zero attached hydrogens (tertiary/aromatic N) is 4. The van der Waals surface area contributed by atoms with E-state index in [0.717, 1.165) is 53.9 Å². The zero-order valence-corrected chi connectivity index (χ0v) is 16.4. The minimum absolute atomic E-state index is 0.0995. The Morgan fingerprint density at radius 1 is 1.38 bits per heavy atom. The number of likely N-dealkylation sites (N-methyl/N-ethyl adjacent to an activating group) is 1. The van der Waals surface area contributed by atoms with Crippen LogP contribution < -0.4 is 11.1 Å². The first-order chi connectivity index (χ1) is 12.5. The van der Waals surface area contributed by atoms with E-state index in [0.29, 0.717) is 12.4 Å². The summed E-state index contributed by atoms with van der Waals surface area (Å²) in [7, 11) is 1.98. The lowest BCUT2D eigenvalue weighted by atomic mass is 10.1. The fourth-order valence-corrected chi connectivity index (χ4v) is 4.54. The molecule has 7 nitrogen and oxygen atoms in total. The Labute approximate surface area is 160 Å².